The van der Waals surface area contributed by atoms with Crippen LogP contribution in [0, 0.1) is 25.7 Å². The Bertz CT molecular complexity index is 603. The maximum absolute atomic E-state index is 12.5. The Balaban J connectivity index is 1.78. The van der Waals surface area contributed by atoms with Crippen molar-refractivity contribution < 1.29 is 9.59 Å². The number of aromatic nitrogens is 2. The fourth-order valence-corrected chi connectivity index (χ4v) is 3.62. The Morgan fingerprint density at radius 1 is 1.23 bits per heavy atom. The second-order valence-electron chi connectivity index (χ2n) is 7.86. The van der Waals surface area contributed by atoms with Crippen molar-refractivity contribution in [3.05, 3.63) is 17.5 Å². The number of rotatable bonds is 8. The van der Waals surface area contributed by atoms with Crippen LogP contribution in [0.4, 0.5) is 0 Å². The van der Waals surface area contributed by atoms with E-state index in [1.54, 1.807) is 0 Å². The molecule has 6 heteroatoms. The SMILES string of the molecule is Cc1cc(C)n(CCCNC(=O)[C@H](NC(=O)C2CCCCC2)C(C)C)n1. The van der Waals surface area contributed by atoms with Gasteiger partial charge in [0.25, 0.3) is 0 Å². The van der Waals surface area contributed by atoms with Crippen molar-refractivity contribution in [2.45, 2.75) is 78.8 Å². The molecule has 0 aliphatic heterocycles. The zero-order valence-corrected chi connectivity index (χ0v) is 16.7. The second-order valence-corrected chi connectivity index (χ2v) is 7.86. The lowest BCUT2D eigenvalue weighted by atomic mass is 9.88. The number of carbonyl (C=O) groups is 2. The van der Waals surface area contributed by atoms with Crippen molar-refractivity contribution in [1.82, 2.24) is 20.4 Å². The lowest BCUT2D eigenvalue weighted by Crippen LogP contribution is -2.51. The van der Waals surface area contributed by atoms with Crippen molar-refractivity contribution in [3.8, 4) is 0 Å². The Morgan fingerprint density at radius 2 is 1.92 bits per heavy atom. The zero-order valence-electron chi connectivity index (χ0n) is 16.7. The first-order valence-corrected chi connectivity index (χ1v) is 9.97. The van der Waals surface area contributed by atoms with Crippen molar-refractivity contribution >= 4 is 11.8 Å². The van der Waals surface area contributed by atoms with Crippen molar-refractivity contribution in [2.24, 2.45) is 11.8 Å². The quantitative estimate of drug-likeness (QED) is 0.698. The van der Waals surface area contributed by atoms with E-state index in [0.717, 1.165) is 50.0 Å². The first kappa shape index (κ1) is 20.5. The Hall–Kier alpha value is -1.85. The highest BCUT2D eigenvalue weighted by molar-refractivity contribution is 5.88. The van der Waals surface area contributed by atoms with Gasteiger partial charge in [0, 0.05) is 24.7 Å². The number of aryl methyl sites for hydroxylation is 3. The third-order valence-electron chi connectivity index (χ3n) is 5.17. The van der Waals surface area contributed by atoms with Gasteiger partial charge in [-0.1, -0.05) is 33.1 Å². The standard InChI is InChI=1S/C20H34N4O2/c1-14(2)18(22-19(25)17-9-6-5-7-10-17)20(26)21-11-8-12-24-16(4)13-15(3)23-24/h13-14,17-18H,5-12H2,1-4H3,(H,21,26)(H,22,25)/t18-/m1/s1. The molecule has 2 rings (SSSR count). The summed E-state index contributed by atoms with van der Waals surface area (Å²) in [5, 5.41) is 10.4. The maximum atomic E-state index is 12.5. The summed E-state index contributed by atoms with van der Waals surface area (Å²) >= 11 is 0. The number of hydrogen-bond acceptors (Lipinski definition) is 3. The molecular formula is C20H34N4O2. The van der Waals surface area contributed by atoms with E-state index in [1.807, 2.05) is 38.4 Å². The van der Waals surface area contributed by atoms with E-state index in [9.17, 15) is 9.59 Å². The summed E-state index contributed by atoms with van der Waals surface area (Å²) in [5.74, 6) is 0.0982. The van der Waals surface area contributed by atoms with Crippen LogP contribution in [-0.2, 0) is 16.1 Å². The molecule has 2 amide bonds. The first-order chi connectivity index (χ1) is 12.4. The number of nitrogens with zero attached hydrogens (tertiary/aromatic N) is 2. The number of carbonyl (C=O) groups excluding carboxylic acids is 2. The smallest absolute Gasteiger partial charge is 0.242 e. The average Bonchev–Trinajstić information content (AvgIpc) is 2.94. The topological polar surface area (TPSA) is 76.0 Å². The lowest BCUT2D eigenvalue weighted by Gasteiger charge is -2.26. The molecule has 1 atom stereocenters. The molecule has 0 saturated heterocycles. The summed E-state index contributed by atoms with van der Waals surface area (Å²) in [6, 6.07) is 1.59. The maximum Gasteiger partial charge on any atom is 0.242 e. The van der Waals surface area contributed by atoms with Gasteiger partial charge in [-0.15, -0.1) is 0 Å². The van der Waals surface area contributed by atoms with Gasteiger partial charge in [-0.05, 0) is 45.1 Å². The molecule has 1 aliphatic carbocycles. The second kappa shape index (κ2) is 9.74. The molecule has 26 heavy (non-hydrogen) atoms. The first-order valence-electron chi connectivity index (χ1n) is 9.97. The fraction of sp³-hybridized carbons (Fsp3) is 0.750. The van der Waals surface area contributed by atoms with Crippen LogP contribution in [0.3, 0.4) is 0 Å². The monoisotopic (exact) mass is 362 g/mol. The van der Waals surface area contributed by atoms with Crippen LogP contribution in [0.1, 0.15) is 63.8 Å². The summed E-state index contributed by atoms with van der Waals surface area (Å²) in [5.41, 5.74) is 2.14. The van der Waals surface area contributed by atoms with Gasteiger partial charge in [-0.3, -0.25) is 14.3 Å². The van der Waals surface area contributed by atoms with Crippen LogP contribution in [0.15, 0.2) is 6.07 Å². The molecule has 1 aromatic rings. The number of amides is 2. The van der Waals surface area contributed by atoms with E-state index >= 15 is 0 Å². The molecule has 1 aliphatic rings. The van der Waals surface area contributed by atoms with Crippen LogP contribution in [0.5, 0.6) is 0 Å². The van der Waals surface area contributed by atoms with Crippen LogP contribution >= 0.6 is 0 Å². The van der Waals surface area contributed by atoms with Crippen LogP contribution in [-0.4, -0.2) is 34.2 Å². The Morgan fingerprint density at radius 3 is 2.50 bits per heavy atom. The predicted octanol–water partition coefficient (Wildman–Crippen LogP) is 2.73. The Kier molecular flexibility index (Phi) is 7.66. The van der Waals surface area contributed by atoms with Gasteiger partial charge < -0.3 is 10.6 Å². The van der Waals surface area contributed by atoms with Gasteiger partial charge in [0.2, 0.25) is 11.8 Å². The highest BCUT2D eigenvalue weighted by Gasteiger charge is 2.28. The third-order valence-corrected chi connectivity index (χ3v) is 5.17. The molecule has 1 heterocycles. The minimum atomic E-state index is -0.460. The summed E-state index contributed by atoms with van der Waals surface area (Å²) in [7, 11) is 0. The third kappa shape index (κ3) is 5.85. The van der Waals surface area contributed by atoms with Crippen LogP contribution in [0.25, 0.3) is 0 Å². The Labute approximate surface area is 157 Å². The lowest BCUT2D eigenvalue weighted by molar-refractivity contribution is -0.132. The molecule has 0 unspecified atom stereocenters. The molecule has 0 aromatic carbocycles. The van der Waals surface area contributed by atoms with Gasteiger partial charge >= 0.3 is 0 Å². The summed E-state index contributed by atoms with van der Waals surface area (Å²) in [6.45, 7) is 9.32. The molecule has 6 nitrogen and oxygen atoms in total. The van der Waals surface area contributed by atoms with Gasteiger partial charge in [0.1, 0.15) is 6.04 Å². The molecule has 0 bridgehead atoms. The molecular weight excluding hydrogens is 328 g/mol. The zero-order chi connectivity index (χ0) is 19.1. The highest BCUT2D eigenvalue weighted by atomic mass is 16.2. The number of hydrogen-bond donors (Lipinski definition) is 2. The molecule has 1 fully saturated rings. The number of nitrogens with one attached hydrogen (secondary N) is 2. The molecule has 146 valence electrons. The average molecular weight is 363 g/mol. The summed E-state index contributed by atoms with van der Waals surface area (Å²) < 4.78 is 1.96. The van der Waals surface area contributed by atoms with E-state index in [0.29, 0.717) is 6.54 Å². The van der Waals surface area contributed by atoms with Gasteiger partial charge in [0.15, 0.2) is 0 Å². The van der Waals surface area contributed by atoms with Gasteiger partial charge in [-0.25, -0.2) is 0 Å². The fourth-order valence-electron chi connectivity index (χ4n) is 3.62. The predicted molar refractivity (Wildman–Crippen MR) is 103 cm³/mol. The summed E-state index contributed by atoms with van der Waals surface area (Å²) in [4.78, 5) is 25.0. The summed E-state index contributed by atoms with van der Waals surface area (Å²) in [6.07, 6.45) is 6.15. The van der Waals surface area contributed by atoms with Crippen molar-refractivity contribution in [1.29, 1.82) is 0 Å². The highest BCUT2D eigenvalue weighted by Crippen LogP contribution is 2.24. The van der Waals surface area contributed by atoms with E-state index in [-0.39, 0.29) is 23.7 Å². The largest absolute Gasteiger partial charge is 0.354 e. The van der Waals surface area contributed by atoms with E-state index in [4.69, 9.17) is 0 Å². The van der Waals surface area contributed by atoms with Gasteiger partial charge in [-0.2, -0.15) is 5.10 Å². The minimum absolute atomic E-state index is 0.0428. The van der Waals surface area contributed by atoms with Crippen LogP contribution < -0.4 is 10.6 Å². The van der Waals surface area contributed by atoms with Gasteiger partial charge in [0.05, 0.1) is 5.69 Å². The molecule has 0 radical (unpaired) electrons. The van der Waals surface area contributed by atoms with E-state index in [2.05, 4.69) is 15.7 Å². The molecule has 1 aromatic heterocycles. The normalized spacial score (nSPS) is 16.5. The van der Waals surface area contributed by atoms with E-state index in [1.165, 1.54) is 6.42 Å². The van der Waals surface area contributed by atoms with Crippen molar-refractivity contribution in [2.75, 3.05) is 6.54 Å². The molecule has 1 saturated carbocycles. The molecule has 0 spiro atoms. The molecule has 2 N–H and O–H groups in total. The minimum Gasteiger partial charge on any atom is -0.354 e. The van der Waals surface area contributed by atoms with E-state index < -0.39 is 6.04 Å². The van der Waals surface area contributed by atoms with Crippen LogP contribution in [0.2, 0.25) is 0 Å². The van der Waals surface area contributed by atoms with Crippen molar-refractivity contribution in [3.63, 3.8) is 0 Å².